The number of carbonyl (C=O) groups is 2. The average molecular weight is 242 g/mol. The van der Waals surface area contributed by atoms with Crippen LogP contribution in [-0.4, -0.2) is 18.4 Å². The predicted molar refractivity (Wildman–Crippen MR) is 60.4 cm³/mol. The molecule has 0 spiro atoms. The number of esters is 1. The predicted octanol–water partition coefficient (Wildman–Crippen LogP) is 1.77. The molecule has 1 amide bonds. The van der Waals surface area contributed by atoms with Gasteiger partial charge in [0.25, 0.3) is 0 Å². The Morgan fingerprint density at radius 3 is 2.50 bits per heavy atom. The zero-order valence-corrected chi connectivity index (χ0v) is 9.58. The molecule has 0 heterocycles. The van der Waals surface area contributed by atoms with Gasteiger partial charge in [-0.1, -0.05) is 11.6 Å². The summed E-state index contributed by atoms with van der Waals surface area (Å²) in [5.74, 6) is -0.118. The van der Waals surface area contributed by atoms with E-state index in [2.05, 4.69) is 5.32 Å². The van der Waals surface area contributed by atoms with E-state index in [1.54, 1.807) is 24.3 Å². The summed E-state index contributed by atoms with van der Waals surface area (Å²) in [6.45, 7) is 1.67. The van der Waals surface area contributed by atoms with Crippen molar-refractivity contribution in [3.8, 4) is 5.75 Å². The van der Waals surface area contributed by atoms with Crippen LogP contribution >= 0.6 is 11.6 Å². The van der Waals surface area contributed by atoms with Crippen molar-refractivity contribution in [3.05, 3.63) is 29.3 Å². The second-order valence-corrected chi connectivity index (χ2v) is 3.60. The summed E-state index contributed by atoms with van der Waals surface area (Å²) < 4.78 is 5.00. The molecule has 1 aromatic rings. The molecule has 86 valence electrons. The number of hydrogen-bond acceptors (Lipinski definition) is 3. The molecule has 0 radical (unpaired) electrons. The lowest BCUT2D eigenvalue weighted by Gasteiger charge is -2.04. The van der Waals surface area contributed by atoms with Crippen molar-refractivity contribution in [2.24, 2.45) is 0 Å². The number of nitrogens with one attached hydrogen (secondary N) is 1. The van der Waals surface area contributed by atoms with Crippen LogP contribution < -0.4 is 10.1 Å². The smallest absolute Gasteiger partial charge is 0.312 e. The maximum Gasteiger partial charge on any atom is 0.312 e. The Morgan fingerprint density at radius 1 is 1.31 bits per heavy atom. The molecule has 1 rings (SSSR count). The van der Waals surface area contributed by atoms with Gasteiger partial charge in [0.2, 0.25) is 5.91 Å². The second kappa shape index (κ2) is 6.12. The van der Waals surface area contributed by atoms with E-state index in [1.165, 1.54) is 6.92 Å². The first-order valence-corrected chi connectivity index (χ1v) is 5.16. The Balaban J connectivity index is 2.34. The SMILES string of the molecule is CC(=O)NCCC(=O)Oc1ccc(Cl)cc1. The highest BCUT2D eigenvalue weighted by Gasteiger charge is 2.04. The van der Waals surface area contributed by atoms with Gasteiger partial charge in [-0.3, -0.25) is 9.59 Å². The van der Waals surface area contributed by atoms with Crippen LogP contribution in [0.4, 0.5) is 0 Å². The molecule has 0 aliphatic carbocycles. The minimum Gasteiger partial charge on any atom is -0.426 e. The number of carbonyl (C=O) groups excluding carboxylic acids is 2. The molecule has 0 saturated carbocycles. The lowest BCUT2D eigenvalue weighted by molar-refractivity contribution is -0.134. The van der Waals surface area contributed by atoms with Gasteiger partial charge >= 0.3 is 5.97 Å². The number of amides is 1. The van der Waals surface area contributed by atoms with Crippen LogP contribution in [0, 0.1) is 0 Å². The molecule has 0 aromatic heterocycles. The van der Waals surface area contributed by atoms with E-state index >= 15 is 0 Å². The maximum atomic E-state index is 11.3. The number of benzene rings is 1. The topological polar surface area (TPSA) is 55.4 Å². The molecule has 4 nitrogen and oxygen atoms in total. The molecule has 0 saturated heterocycles. The monoisotopic (exact) mass is 241 g/mol. The van der Waals surface area contributed by atoms with Crippen LogP contribution in [0.2, 0.25) is 5.02 Å². The number of halogens is 1. The van der Waals surface area contributed by atoms with Crippen molar-refractivity contribution in [1.29, 1.82) is 0 Å². The standard InChI is InChI=1S/C11H12ClNO3/c1-8(14)13-7-6-11(15)16-10-4-2-9(12)3-5-10/h2-5H,6-7H2,1H3,(H,13,14). The highest BCUT2D eigenvalue weighted by atomic mass is 35.5. The summed E-state index contributed by atoms with van der Waals surface area (Å²) >= 11 is 5.68. The summed E-state index contributed by atoms with van der Waals surface area (Å²) in [7, 11) is 0. The molecule has 5 heteroatoms. The van der Waals surface area contributed by atoms with Gasteiger partial charge in [-0.05, 0) is 24.3 Å². The Kier molecular flexibility index (Phi) is 4.79. The van der Waals surface area contributed by atoms with Crippen molar-refractivity contribution in [3.63, 3.8) is 0 Å². The molecule has 0 atom stereocenters. The lowest BCUT2D eigenvalue weighted by atomic mass is 10.3. The summed E-state index contributed by atoms with van der Waals surface area (Å²) in [6.07, 6.45) is 0.141. The van der Waals surface area contributed by atoms with Gasteiger partial charge in [0.15, 0.2) is 0 Å². The van der Waals surface area contributed by atoms with Crippen molar-refractivity contribution < 1.29 is 14.3 Å². The van der Waals surface area contributed by atoms with Crippen LogP contribution in [0.15, 0.2) is 24.3 Å². The third kappa shape index (κ3) is 4.79. The Labute approximate surface area is 98.5 Å². The van der Waals surface area contributed by atoms with Crippen LogP contribution in [0.25, 0.3) is 0 Å². The van der Waals surface area contributed by atoms with Crippen LogP contribution in [-0.2, 0) is 9.59 Å². The quantitative estimate of drug-likeness (QED) is 0.646. The third-order valence-corrected chi connectivity index (χ3v) is 2.00. The van der Waals surface area contributed by atoms with Crippen molar-refractivity contribution in [2.45, 2.75) is 13.3 Å². The van der Waals surface area contributed by atoms with Gasteiger partial charge in [0.1, 0.15) is 5.75 Å². The van der Waals surface area contributed by atoms with Gasteiger partial charge < -0.3 is 10.1 Å². The normalized spacial score (nSPS) is 9.62. The molecule has 1 N–H and O–H groups in total. The molecular weight excluding hydrogens is 230 g/mol. The first-order valence-electron chi connectivity index (χ1n) is 4.78. The van der Waals surface area contributed by atoms with Crippen LogP contribution in [0.1, 0.15) is 13.3 Å². The van der Waals surface area contributed by atoms with Crippen LogP contribution in [0.5, 0.6) is 5.75 Å². The fourth-order valence-corrected chi connectivity index (χ4v) is 1.15. The summed E-state index contributed by atoms with van der Waals surface area (Å²) in [4.78, 5) is 21.8. The van der Waals surface area contributed by atoms with Crippen molar-refractivity contribution in [2.75, 3.05) is 6.54 Å². The zero-order valence-electron chi connectivity index (χ0n) is 8.83. The van der Waals surface area contributed by atoms with E-state index in [4.69, 9.17) is 16.3 Å². The first-order chi connectivity index (χ1) is 7.58. The molecule has 0 bridgehead atoms. The van der Waals surface area contributed by atoms with E-state index in [9.17, 15) is 9.59 Å². The second-order valence-electron chi connectivity index (χ2n) is 3.16. The van der Waals surface area contributed by atoms with Gasteiger partial charge in [0, 0.05) is 18.5 Å². The highest BCUT2D eigenvalue weighted by Crippen LogP contribution is 2.15. The van der Waals surface area contributed by atoms with E-state index in [-0.39, 0.29) is 18.9 Å². The Bertz CT molecular complexity index is 375. The molecule has 0 fully saturated rings. The van der Waals surface area contributed by atoms with E-state index in [0.29, 0.717) is 10.8 Å². The molecule has 1 aromatic carbocycles. The minimum atomic E-state index is -0.393. The van der Waals surface area contributed by atoms with Crippen LogP contribution in [0.3, 0.4) is 0 Å². The number of hydrogen-bond donors (Lipinski definition) is 1. The zero-order chi connectivity index (χ0) is 12.0. The van der Waals surface area contributed by atoms with Gasteiger partial charge in [-0.15, -0.1) is 0 Å². The minimum absolute atomic E-state index is 0.141. The summed E-state index contributed by atoms with van der Waals surface area (Å²) in [5.41, 5.74) is 0. The van der Waals surface area contributed by atoms with Crippen molar-refractivity contribution in [1.82, 2.24) is 5.32 Å². The molecule has 0 unspecified atom stereocenters. The van der Waals surface area contributed by atoms with E-state index < -0.39 is 5.97 Å². The molecule has 0 aliphatic rings. The summed E-state index contributed by atoms with van der Waals surface area (Å²) in [6, 6.07) is 6.49. The van der Waals surface area contributed by atoms with Gasteiger partial charge in [-0.2, -0.15) is 0 Å². The number of ether oxygens (including phenoxy) is 1. The lowest BCUT2D eigenvalue weighted by Crippen LogP contribution is -2.24. The third-order valence-electron chi connectivity index (χ3n) is 1.75. The Hall–Kier alpha value is -1.55. The van der Waals surface area contributed by atoms with Gasteiger partial charge in [0.05, 0.1) is 6.42 Å². The van der Waals surface area contributed by atoms with Gasteiger partial charge in [-0.25, -0.2) is 0 Å². The largest absolute Gasteiger partial charge is 0.426 e. The maximum absolute atomic E-state index is 11.3. The Morgan fingerprint density at radius 2 is 1.94 bits per heavy atom. The summed E-state index contributed by atoms with van der Waals surface area (Å²) in [5, 5.41) is 3.09. The number of rotatable bonds is 4. The van der Waals surface area contributed by atoms with E-state index in [1.807, 2.05) is 0 Å². The highest BCUT2D eigenvalue weighted by molar-refractivity contribution is 6.30. The molecule has 0 aliphatic heterocycles. The first kappa shape index (κ1) is 12.5. The fourth-order valence-electron chi connectivity index (χ4n) is 1.03. The van der Waals surface area contributed by atoms with E-state index in [0.717, 1.165) is 0 Å². The molecular formula is C11H12ClNO3. The van der Waals surface area contributed by atoms with Crippen molar-refractivity contribution >= 4 is 23.5 Å². The fraction of sp³-hybridized carbons (Fsp3) is 0.273. The average Bonchev–Trinajstić information content (AvgIpc) is 2.21. The molecule has 16 heavy (non-hydrogen) atoms.